The summed E-state index contributed by atoms with van der Waals surface area (Å²) in [6, 6.07) is 4.88. The number of aromatic nitrogens is 4. The molecule has 1 aliphatic carbocycles. The summed E-state index contributed by atoms with van der Waals surface area (Å²) in [5, 5.41) is 15.0. The van der Waals surface area contributed by atoms with E-state index in [1.807, 2.05) is 11.0 Å². The molecule has 0 unspecified atom stereocenters. The first-order valence-electron chi connectivity index (χ1n) is 16.6. The molecular formula is C33H42N10O3S. The first-order valence-corrected chi connectivity index (χ1v) is 17.4. The van der Waals surface area contributed by atoms with Gasteiger partial charge in [-0.05, 0) is 52.0 Å². The zero-order chi connectivity index (χ0) is 32.7. The van der Waals surface area contributed by atoms with Crippen LogP contribution in [0.1, 0.15) is 61.4 Å². The predicted molar refractivity (Wildman–Crippen MR) is 179 cm³/mol. The first-order chi connectivity index (χ1) is 22.8. The SMILES string of the molecule is C=CC(=O)N1CCN(c2cc(-c3noc([C@@]4(C)CCCc5sc(N)c(C#N)c54)n3)nc(N3CCCN([C@@H]4CCOC4)C[C@@H]3C)n2)CC1. The molecular weight excluding hydrogens is 616 g/mol. The van der Waals surface area contributed by atoms with Gasteiger partial charge in [-0.1, -0.05) is 11.7 Å². The van der Waals surface area contributed by atoms with Crippen molar-refractivity contribution >= 4 is 34.0 Å². The summed E-state index contributed by atoms with van der Waals surface area (Å²) >= 11 is 1.48. The highest BCUT2D eigenvalue weighted by atomic mass is 32.1. The zero-order valence-electron chi connectivity index (χ0n) is 27.2. The second kappa shape index (κ2) is 12.9. The van der Waals surface area contributed by atoms with Gasteiger partial charge in [0.25, 0.3) is 0 Å². The molecule has 2 N–H and O–H groups in total. The number of piperazine rings is 1. The molecule has 47 heavy (non-hydrogen) atoms. The van der Waals surface area contributed by atoms with Crippen LogP contribution in [0.4, 0.5) is 16.8 Å². The number of hydrogen-bond acceptors (Lipinski definition) is 13. The molecule has 1 amide bonds. The van der Waals surface area contributed by atoms with Gasteiger partial charge in [-0.25, -0.2) is 4.98 Å². The number of carbonyl (C=O) groups is 1. The molecule has 7 rings (SSSR count). The van der Waals surface area contributed by atoms with Gasteiger partial charge < -0.3 is 29.7 Å². The average Bonchev–Trinajstić information content (AvgIpc) is 3.84. The molecule has 3 aliphatic heterocycles. The van der Waals surface area contributed by atoms with Gasteiger partial charge in [0.2, 0.25) is 23.6 Å². The Bertz CT molecular complexity index is 1690. The standard InChI is InChI=1S/C33H42N10O3S/c1-4-27(44)41-14-12-40(13-15-41)26-17-24(36-32(37-26)43-11-6-10-42(19-21(43)2)22-8-16-45-20-22)30-38-31(46-39-30)33(3)9-5-7-25-28(33)23(18-34)29(35)47-25/h4,17,21-22H,1,5-16,19-20,35H2,2-3H3/t21-,22+,33-/m0/s1. The molecule has 3 aromatic heterocycles. The third-order valence-corrected chi connectivity index (χ3v) is 11.3. The minimum absolute atomic E-state index is 0.0602. The van der Waals surface area contributed by atoms with Gasteiger partial charge >= 0.3 is 0 Å². The van der Waals surface area contributed by atoms with E-state index in [0.29, 0.717) is 66.1 Å². The van der Waals surface area contributed by atoms with Crippen molar-refractivity contribution in [2.75, 3.05) is 74.6 Å². The Hall–Kier alpha value is -4.06. The van der Waals surface area contributed by atoms with Crippen LogP contribution in [0.5, 0.6) is 0 Å². The first kappa shape index (κ1) is 31.5. The Morgan fingerprint density at radius 1 is 1.19 bits per heavy atom. The van der Waals surface area contributed by atoms with E-state index < -0.39 is 5.41 Å². The van der Waals surface area contributed by atoms with Crippen LogP contribution in [0.25, 0.3) is 11.5 Å². The Morgan fingerprint density at radius 3 is 2.77 bits per heavy atom. The number of rotatable bonds is 6. The minimum atomic E-state index is -0.628. The second-order valence-corrected chi connectivity index (χ2v) is 14.3. The Morgan fingerprint density at radius 2 is 2.02 bits per heavy atom. The fourth-order valence-electron chi connectivity index (χ4n) is 7.61. The van der Waals surface area contributed by atoms with Crippen LogP contribution in [-0.4, -0.2) is 107 Å². The number of anilines is 3. The molecule has 3 atom stereocenters. The van der Waals surface area contributed by atoms with Gasteiger partial charge in [-0.15, -0.1) is 11.3 Å². The largest absolute Gasteiger partial charge is 0.389 e. The van der Waals surface area contributed by atoms with E-state index in [2.05, 4.69) is 46.4 Å². The van der Waals surface area contributed by atoms with Crippen molar-refractivity contribution in [1.29, 1.82) is 5.26 Å². The number of nitriles is 1. The lowest BCUT2D eigenvalue weighted by molar-refractivity contribution is -0.126. The quantitative estimate of drug-likeness (QED) is 0.387. The molecule has 3 saturated heterocycles. The normalized spacial score (nSPS) is 25.3. The van der Waals surface area contributed by atoms with Gasteiger partial charge in [0, 0.05) is 81.0 Å². The number of amides is 1. The molecule has 13 nitrogen and oxygen atoms in total. The third-order valence-electron chi connectivity index (χ3n) is 10.2. The molecule has 0 saturated carbocycles. The lowest BCUT2D eigenvalue weighted by Crippen LogP contribution is -2.48. The summed E-state index contributed by atoms with van der Waals surface area (Å²) in [6.45, 7) is 14.7. The summed E-state index contributed by atoms with van der Waals surface area (Å²) in [5.74, 6) is 2.18. The van der Waals surface area contributed by atoms with Crippen LogP contribution in [0.2, 0.25) is 0 Å². The van der Waals surface area contributed by atoms with Crippen LogP contribution in [0.3, 0.4) is 0 Å². The number of fused-ring (bicyclic) bond motifs is 1. The monoisotopic (exact) mass is 658 g/mol. The van der Waals surface area contributed by atoms with Crippen molar-refractivity contribution < 1.29 is 14.1 Å². The summed E-state index contributed by atoms with van der Waals surface area (Å²) in [5.41, 5.74) is 7.64. The molecule has 248 valence electrons. The molecule has 0 bridgehead atoms. The smallest absolute Gasteiger partial charge is 0.246 e. The molecule has 3 aromatic rings. The average molecular weight is 659 g/mol. The molecule has 14 heteroatoms. The van der Waals surface area contributed by atoms with Crippen molar-refractivity contribution in [1.82, 2.24) is 29.9 Å². The van der Waals surface area contributed by atoms with Crippen molar-refractivity contribution in [3.8, 4) is 17.6 Å². The molecule has 3 fully saturated rings. The number of carbonyl (C=O) groups excluding carboxylic acids is 1. The summed E-state index contributed by atoms with van der Waals surface area (Å²) in [6.07, 6.45) is 6.01. The highest BCUT2D eigenvalue weighted by molar-refractivity contribution is 7.16. The number of aryl methyl sites for hydroxylation is 1. The van der Waals surface area contributed by atoms with Crippen LogP contribution < -0.4 is 15.5 Å². The number of thiophene rings is 1. The van der Waals surface area contributed by atoms with Crippen molar-refractivity contribution in [3.05, 3.63) is 40.6 Å². The maximum absolute atomic E-state index is 12.3. The van der Waals surface area contributed by atoms with E-state index in [1.54, 1.807) is 0 Å². The van der Waals surface area contributed by atoms with Crippen LogP contribution in [0, 0.1) is 11.3 Å². The Balaban J connectivity index is 1.23. The van der Waals surface area contributed by atoms with Crippen LogP contribution >= 0.6 is 11.3 Å². The summed E-state index contributed by atoms with van der Waals surface area (Å²) < 4.78 is 11.7. The topological polar surface area (TPSA) is 154 Å². The van der Waals surface area contributed by atoms with E-state index in [4.69, 9.17) is 29.9 Å². The molecule has 0 radical (unpaired) electrons. The van der Waals surface area contributed by atoms with E-state index >= 15 is 0 Å². The Kier molecular flexibility index (Phi) is 8.63. The second-order valence-electron chi connectivity index (χ2n) is 13.2. The molecule has 4 aliphatic rings. The maximum Gasteiger partial charge on any atom is 0.246 e. The zero-order valence-corrected chi connectivity index (χ0v) is 28.0. The van der Waals surface area contributed by atoms with Crippen molar-refractivity contribution in [2.24, 2.45) is 0 Å². The number of hydrogen-bond donors (Lipinski definition) is 1. The van der Waals surface area contributed by atoms with Crippen molar-refractivity contribution in [2.45, 2.75) is 63.5 Å². The van der Waals surface area contributed by atoms with Gasteiger partial charge in [0.1, 0.15) is 22.6 Å². The lowest BCUT2D eigenvalue weighted by atomic mass is 9.72. The van der Waals surface area contributed by atoms with Gasteiger partial charge in [0.15, 0.2) is 0 Å². The van der Waals surface area contributed by atoms with Gasteiger partial charge in [0.05, 0.1) is 17.6 Å². The summed E-state index contributed by atoms with van der Waals surface area (Å²) in [7, 11) is 0. The summed E-state index contributed by atoms with van der Waals surface area (Å²) in [4.78, 5) is 37.4. The van der Waals surface area contributed by atoms with Crippen LogP contribution in [-0.2, 0) is 21.4 Å². The molecule has 0 aromatic carbocycles. The molecule has 6 heterocycles. The molecule has 0 spiro atoms. The Labute approximate surface area is 279 Å². The van der Waals surface area contributed by atoms with Crippen molar-refractivity contribution in [3.63, 3.8) is 0 Å². The lowest BCUT2D eigenvalue weighted by Gasteiger charge is -2.36. The van der Waals surface area contributed by atoms with E-state index in [-0.39, 0.29) is 11.9 Å². The van der Waals surface area contributed by atoms with E-state index in [0.717, 1.165) is 81.2 Å². The third kappa shape index (κ3) is 5.85. The maximum atomic E-state index is 12.3. The number of nitrogens with zero attached hydrogens (tertiary/aromatic N) is 9. The van der Waals surface area contributed by atoms with Gasteiger partial charge in [-0.2, -0.15) is 15.2 Å². The predicted octanol–water partition coefficient (Wildman–Crippen LogP) is 3.21. The van der Waals surface area contributed by atoms with Gasteiger partial charge in [-0.3, -0.25) is 9.69 Å². The number of nitrogens with two attached hydrogens (primary N) is 1. The highest BCUT2D eigenvalue weighted by Gasteiger charge is 2.43. The van der Waals surface area contributed by atoms with Crippen LogP contribution in [0.15, 0.2) is 23.2 Å². The fourth-order valence-corrected chi connectivity index (χ4v) is 8.80. The number of ether oxygens (including phenoxy) is 1. The van der Waals surface area contributed by atoms with E-state index in [1.165, 1.54) is 17.4 Å². The fraction of sp³-hybridized carbons (Fsp3) is 0.576. The minimum Gasteiger partial charge on any atom is -0.389 e. The highest BCUT2D eigenvalue weighted by Crippen LogP contribution is 2.48. The number of nitrogen functional groups attached to an aromatic ring is 1. The van der Waals surface area contributed by atoms with E-state index in [9.17, 15) is 10.1 Å².